The van der Waals surface area contributed by atoms with Gasteiger partial charge in [-0.2, -0.15) is 0 Å². The molecule has 0 saturated heterocycles. The number of aliphatic carboxylic acids is 1. The molecule has 0 heterocycles. The lowest BCUT2D eigenvalue weighted by molar-refractivity contribution is -0.140. The Bertz CT molecular complexity index is 676. The Kier molecular flexibility index (Phi) is 6.20. The molecule has 0 bridgehead atoms. The highest BCUT2D eigenvalue weighted by Gasteiger charge is 2.43. The number of aryl methyl sites for hydroxylation is 1. The lowest BCUT2D eigenvalue weighted by Crippen LogP contribution is -2.58. The smallest absolute Gasteiger partial charge is 0.317 e. The first-order valence-corrected chi connectivity index (χ1v) is 10.3. The van der Waals surface area contributed by atoms with E-state index in [0.29, 0.717) is 0 Å². The molecule has 0 aliphatic heterocycles. The molecule has 0 spiro atoms. The molecule has 2 aliphatic rings. The molecule has 0 atom stereocenters. The molecular formula is C22H32N2O3. The summed E-state index contributed by atoms with van der Waals surface area (Å²) >= 11 is 0. The average molecular weight is 373 g/mol. The third kappa shape index (κ3) is 4.34. The molecule has 1 aromatic carbocycles. The fourth-order valence-electron chi connectivity index (χ4n) is 4.75. The van der Waals surface area contributed by atoms with Crippen molar-refractivity contribution in [3.63, 3.8) is 0 Å². The van der Waals surface area contributed by atoms with Crippen LogP contribution < -0.4 is 5.32 Å². The standard InChI is InChI=1S/C22H32N2O3/c1-3-24(15-20(25)26)19-13-18(14-19)23-21(27)22(10-5-4-6-11-22)17-9-7-8-16(2)12-17/h7-9,12,18-19H,3-6,10-11,13-15H2,1-2H3,(H,23,27)(H,25,26). The average Bonchev–Trinajstić information content (AvgIpc) is 2.63. The topological polar surface area (TPSA) is 69.6 Å². The number of hydrogen-bond acceptors (Lipinski definition) is 3. The van der Waals surface area contributed by atoms with Gasteiger partial charge in [-0.3, -0.25) is 14.5 Å². The second kappa shape index (κ2) is 8.42. The molecule has 0 aromatic heterocycles. The quantitative estimate of drug-likeness (QED) is 0.771. The van der Waals surface area contributed by atoms with E-state index in [9.17, 15) is 9.59 Å². The summed E-state index contributed by atoms with van der Waals surface area (Å²) < 4.78 is 0. The van der Waals surface area contributed by atoms with Crippen LogP contribution in [0, 0.1) is 6.92 Å². The lowest BCUT2D eigenvalue weighted by atomic mass is 9.68. The largest absolute Gasteiger partial charge is 0.480 e. The maximum absolute atomic E-state index is 13.3. The maximum Gasteiger partial charge on any atom is 0.317 e. The zero-order chi connectivity index (χ0) is 19.4. The van der Waals surface area contributed by atoms with Crippen LogP contribution in [-0.4, -0.2) is 47.1 Å². The summed E-state index contributed by atoms with van der Waals surface area (Å²) in [7, 11) is 0. The van der Waals surface area contributed by atoms with Gasteiger partial charge in [0, 0.05) is 12.1 Å². The van der Waals surface area contributed by atoms with Gasteiger partial charge >= 0.3 is 5.97 Å². The molecule has 2 saturated carbocycles. The van der Waals surface area contributed by atoms with Gasteiger partial charge in [0.05, 0.1) is 12.0 Å². The molecule has 27 heavy (non-hydrogen) atoms. The van der Waals surface area contributed by atoms with E-state index in [2.05, 4.69) is 36.5 Å². The number of nitrogens with zero attached hydrogens (tertiary/aromatic N) is 1. The minimum Gasteiger partial charge on any atom is -0.480 e. The number of hydrogen-bond donors (Lipinski definition) is 2. The number of likely N-dealkylation sites (N-methyl/N-ethyl adjacent to an activating group) is 1. The van der Waals surface area contributed by atoms with Gasteiger partial charge in [-0.05, 0) is 44.7 Å². The summed E-state index contributed by atoms with van der Waals surface area (Å²) in [6.45, 7) is 4.87. The van der Waals surface area contributed by atoms with Crippen molar-refractivity contribution in [1.29, 1.82) is 0 Å². The molecule has 0 radical (unpaired) electrons. The van der Waals surface area contributed by atoms with Crippen molar-refractivity contribution in [2.75, 3.05) is 13.1 Å². The number of rotatable bonds is 7. The van der Waals surface area contributed by atoms with Crippen LogP contribution in [0.15, 0.2) is 24.3 Å². The van der Waals surface area contributed by atoms with Crippen LogP contribution >= 0.6 is 0 Å². The van der Waals surface area contributed by atoms with Crippen molar-refractivity contribution in [2.24, 2.45) is 0 Å². The second-order valence-electron chi connectivity index (χ2n) is 8.26. The number of benzene rings is 1. The van der Waals surface area contributed by atoms with Crippen LogP contribution in [0.5, 0.6) is 0 Å². The second-order valence-corrected chi connectivity index (χ2v) is 8.26. The van der Waals surface area contributed by atoms with Crippen LogP contribution in [0.25, 0.3) is 0 Å². The number of carboxylic acids is 1. The number of amides is 1. The highest BCUT2D eigenvalue weighted by molar-refractivity contribution is 5.88. The van der Waals surface area contributed by atoms with Crippen LogP contribution in [0.3, 0.4) is 0 Å². The Labute approximate surface area is 162 Å². The van der Waals surface area contributed by atoms with Gasteiger partial charge in [0.15, 0.2) is 0 Å². The van der Waals surface area contributed by atoms with E-state index in [-0.39, 0.29) is 24.5 Å². The van der Waals surface area contributed by atoms with Gasteiger partial charge < -0.3 is 10.4 Å². The summed E-state index contributed by atoms with van der Waals surface area (Å²) in [5.41, 5.74) is 1.94. The Morgan fingerprint density at radius 1 is 1.22 bits per heavy atom. The monoisotopic (exact) mass is 372 g/mol. The van der Waals surface area contributed by atoms with E-state index >= 15 is 0 Å². The minimum absolute atomic E-state index is 0.0784. The fourth-order valence-corrected chi connectivity index (χ4v) is 4.75. The summed E-state index contributed by atoms with van der Waals surface area (Å²) in [5, 5.41) is 12.3. The van der Waals surface area contributed by atoms with E-state index in [1.807, 2.05) is 11.8 Å². The van der Waals surface area contributed by atoms with Crippen molar-refractivity contribution in [1.82, 2.24) is 10.2 Å². The molecular weight excluding hydrogens is 340 g/mol. The number of carbonyl (C=O) groups is 2. The van der Waals surface area contributed by atoms with Crippen LogP contribution in [0.1, 0.15) is 63.0 Å². The van der Waals surface area contributed by atoms with E-state index in [0.717, 1.165) is 50.6 Å². The first kappa shape index (κ1) is 19.9. The first-order chi connectivity index (χ1) is 12.9. The Hall–Kier alpha value is -1.88. The molecule has 2 fully saturated rings. The van der Waals surface area contributed by atoms with Crippen molar-refractivity contribution in [3.05, 3.63) is 35.4 Å². The van der Waals surface area contributed by atoms with Gasteiger partial charge in [-0.15, -0.1) is 0 Å². The molecule has 2 aliphatic carbocycles. The van der Waals surface area contributed by atoms with Crippen molar-refractivity contribution >= 4 is 11.9 Å². The van der Waals surface area contributed by atoms with Crippen LogP contribution in [0.4, 0.5) is 0 Å². The summed E-state index contributed by atoms with van der Waals surface area (Å²) in [6, 6.07) is 8.83. The summed E-state index contributed by atoms with van der Waals surface area (Å²) in [4.78, 5) is 26.3. The molecule has 5 heteroatoms. The van der Waals surface area contributed by atoms with E-state index in [1.165, 1.54) is 12.0 Å². The number of carboxylic acid groups (broad SMARTS) is 1. The predicted octanol–water partition coefficient (Wildman–Crippen LogP) is 3.25. The molecule has 148 valence electrons. The Morgan fingerprint density at radius 3 is 2.52 bits per heavy atom. The Morgan fingerprint density at radius 2 is 1.93 bits per heavy atom. The third-order valence-corrected chi connectivity index (χ3v) is 6.42. The molecule has 1 amide bonds. The minimum atomic E-state index is -0.787. The zero-order valence-electron chi connectivity index (χ0n) is 16.5. The van der Waals surface area contributed by atoms with E-state index < -0.39 is 11.4 Å². The first-order valence-electron chi connectivity index (χ1n) is 10.3. The van der Waals surface area contributed by atoms with Crippen LogP contribution in [-0.2, 0) is 15.0 Å². The summed E-state index contributed by atoms with van der Waals surface area (Å²) in [6.07, 6.45) is 6.91. The zero-order valence-corrected chi connectivity index (χ0v) is 16.5. The molecule has 2 N–H and O–H groups in total. The molecule has 0 unspecified atom stereocenters. The summed E-state index contributed by atoms with van der Waals surface area (Å²) in [5.74, 6) is -0.623. The lowest BCUT2D eigenvalue weighted by Gasteiger charge is -2.44. The SMILES string of the molecule is CCN(CC(=O)O)C1CC(NC(=O)C2(c3cccc(C)c3)CCCCC2)C1. The number of nitrogens with one attached hydrogen (secondary N) is 1. The number of carbonyl (C=O) groups excluding carboxylic acids is 1. The fraction of sp³-hybridized carbons (Fsp3) is 0.636. The van der Waals surface area contributed by atoms with Crippen molar-refractivity contribution in [3.8, 4) is 0 Å². The predicted molar refractivity (Wildman–Crippen MR) is 106 cm³/mol. The molecule has 3 rings (SSSR count). The highest BCUT2D eigenvalue weighted by atomic mass is 16.4. The van der Waals surface area contributed by atoms with Gasteiger partial charge in [0.25, 0.3) is 0 Å². The van der Waals surface area contributed by atoms with Gasteiger partial charge in [-0.25, -0.2) is 0 Å². The normalized spacial score (nSPS) is 24.3. The van der Waals surface area contributed by atoms with Crippen molar-refractivity contribution in [2.45, 2.75) is 76.3 Å². The van der Waals surface area contributed by atoms with Crippen molar-refractivity contribution < 1.29 is 14.7 Å². The maximum atomic E-state index is 13.3. The van der Waals surface area contributed by atoms with Gasteiger partial charge in [0.1, 0.15) is 0 Å². The van der Waals surface area contributed by atoms with E-state index in [1.54, 1.807) is 0 Å². The third-order valence-electron chi connectivity index (χ3n) is 6.42. The van der Waals surface area contributed by atoms with Gasteiger partial charge in [-0.1, -0.05) is 56.0 Å². The van der Waals surface area contributed by atoms with Crippen LogP contribution in [0.2, 0.25) is 0 Å². The van der Waals surface area contributed by atoms with E-state index in [4.69, 9.17) is 5.11 Å². The highest BCUT2D eigenvalue weighted by Crippen LogP contribution is 2.40. The molecule has 5 nitrogen and oxygen atoms in total. The molecule has 1 aromatic rings. The Balaban J connectivity index is 1.66. The van der Waals surface area contributed by atoms with Gasteiger partial charge in [0.2, 0.25) is 5.91 Å².